The van der Waals surface area contributed by atoms with Gasteiger partial charge in [-0.25, -0.2) is 4.79 Å². The van der Waals surface area contributed by atoms with Crippen molar-refractivity contribution < 1.29 is 27.2 Å². The third-order valence-electron chi connectivity index (χ3n) is 3.16. The molecule has 0 bridgehead atoms. The van der Waals surface area contributed by atoms with Crippen molar-refractivity contribution in [3.05, 3.63) is 59.7 Å². The van der Waals surface area contributed by atoms with Crippen LogP contribution in [-0.2, 0) is 19.6 Å². The fourth-order valence-electron chi connectivity index (χ4n) is 1.96. The molecule has 0 saturated heterocycles. The van der Waals surface area contributed by atoms with Crippen LogP contribution in [0.2, 0.25) is 0 Å². The van der Waals surface area contributed by atoms with E-state index in [4.69, 9.17) is 14.0 Å². The Kier molecular flexibility index (Phi) is 5.02. The van der Waals surface area contributed by atoms with Crippen molar-refractivity contribution in [1.29, 1.82) is 0 Å². The fraction of sp³-hybridized carbons (Fsp3) is 0.188. The third-order valence-corrected chi connectivity index (χ3v) is 4.42. The summed E-state index contributed by atoms with van der Waals surface area (Å²) in [5.41, 5.74) is 1.33. The number of aryl methyl sites for hydroxylation is 1. The van der Waals surface area contributed by atoms with Crippen molar-refractivity contribution in [2.24, 2.45) is 0 Å². The standard InChI is InChI=1S/C16H16O6S/c1-11-3-9-14(10-4-11)23(19,20)22-13-7-5-12(6-8-13)15(21-2)16(17)18/h3-10,15H,1-2H3,(H,17,18). The molecule has 2 rings (SSSR count). The van der Waals surface area contributed by atoms with Gasteiger partial charge in [-0.3, -0.25) is 0 Å². The maximum atomic E-state index is 12.2. The quantitative estimate of drug-likeness (QED) is 0.815. The molecule has 1 unspecified atom stereocenters. The molecule has 0 radical (unpaired) electrons. The van der Waals surface area contributed by atoms with Crippen LogP contribution in [0.4, 0.5) is 0 Å². The van der Waals surface area contributed by atoms with Gasteiger partial charge in [0.25, 0.3) is 0 Å². The number of aliphatic carboxylic acids is 1. The lowest BCUT2D eigenvalue weighted by Crippen LogP contribution is -2.13. The number of hydrogen-bond acceptors (Lipinski definition) is 5. The highest BCUT2D eigenvalue weighted by Crippen LogP contribution is 2.23. The zero-order chi connectivity index (χ0) is 17.0. The van der Waals surface area contributed by atoms with Gasteiger partial charge < -0.3 is 14.0 Å². The van der Waals surface area contributed by atoms with Gasteiger partial charge in [-0.2, -0.15) is 8.42 Å². The lowest BCUT2D eigenvalue weighted by Gasteiger charge is -2.12. The third kappa shape index (κ3) is 4.08. The topological polar surface area (TPSA) is 89.9 Å². The van der Waals surface area contributed by atoms with Crippen LogP contribution >= 0.6 is 0 Å². The van der Waals surface area contributed by atoms with Crippen LogP contribution in [0.3, 0.4) is 0 Å². The Hall–Kier alpha value is -2.38. The minimum atomic E-state index is -3.93. The van der Waals surface area contributed by atoms with Crippen molar-refractivity contribution in [3.8, 4) is 5.75 Å². The Balaban J connectivity index is 2.20. The molecule has 23 heavy (non-hydrogen) atoms. The first-order chi connectivity index (χ1) is 10.8. The Morgan fingerprint density at radius 2 is 1.61 bits per heavy atom. The highest BCUT2D eigenvalue weighted by molar-refractivity contribution is 7.87. The van der Waals surface area contributed by atoms with Crippen LogP contribution in [0.15, 0.2) is 53.4 Å². The SMILES string of the molecule is COC(C(=O)O)c1ccc(OS(=O)(=O)c2ccc(C)cc2)cc1. The highest BCUT2D eigenvalue weighted by atomic mass is 32.2. The second kappa shape index (κ2) is 6.80. The van der Waals surface area contributed by atoms with E-state index >= 15 is 0 Å². The van der Waals surface area contributed by atoms with Crippen LogP contribution in [0.5, 0.6) is 5.75 Å². The van der Waals surface area contributed by atoms with E-state index < -0.39 is 22.2 Å². The van der Waals surface area contributed by atoms with Crippen molar-refractivity contribution in [1.82, 2.24) is 0 Å². The number of carboxylic acids is 1. The lowest BCUT2D eigenvalue weighted by molar-refractivity contribution is -0.148. The zero-order valence-corrected chi connectivity index (χ0v) is 13.4. The first-order valence-electron chi connectivity index (χ1n) is 6.70. The van der Waals surface area contributed by atoms with Gasteiger partial charge in [0.2, 0.25) is 0 Å². The molecular formula is C16H16O6S. The smallest absolute Gasteiger partial charge is 0.339 e. The summed E-state index contributed by atoms with van der Waals surface area (Å²) in [7, 11) is -2.65. The summed E-state index contributed by atoms with van der Waals surface area (Å²) < 4.78 is 34.2. The molecule has 0 fully saturated rings. The average molecular weight is 336 g/mol. The highest BCUT2D eigenvalue weighted by Gasteiger charge is 2.20. The molecule has 0 saturated carbocycles. The Labute approximate surface area is 134 Å². The number of carbonyl (C=O) groups is 1. The van der Waals surface area contributed by atoms with E-state index in [-0.39, 0.29) is 10.6 Å². The van der Waals surface area contributed by atoms with Crippen molar-refractivity contribution in [2.45, 2.75) is 17.9 Å². The second-order valence-corrected chi connectivity index (χ2v) is 6.42. The monoisotopic (exact) mass is 336 g/mol. The molecule has 1 N–H and O–H groups in total. The average Bonchev–Trinajstić information content (AvgIpc) is 2.49. The summed E-state index contributed by atoms with van der Waals surface area (Å²) in [4.78, 5) is 11.1. The van der Waals surface area contributed by atoms with Crippen LogP contribution in [-0.4, -0.2) is 26.6 Å². The molecule has 0 aromatic heterocycles. The first-order valence-corrected chi connectivity index (χ1v) is 8.11. The summed E-state index contributed by atoms with van der Waals surface area (Å²) in [6, 6.07) is 11.9. The molecule has 2 aromatic rings. The van der Waals surface area contributed by atoms with Crippen LogP contribution in [0.25, 0.3) is 0 Å². The van der Waals surface area contributed by atoms with Crippen molar-refractivity contribution >= 4 is 16.1 Å². The van der Waals surface area contributed by atoms with E-state index in [1.54, 1.807) is 12.1 Å². The molecule has 6 nitrogen and oxygen atoms in total. The van der Waals surface area contributed by atoms with Gasteiger partial charge in [-0.15, -0.1) is 0 Å². The molecule has 1 atom stereocenters. The summed E-state index contributed by atoms with van der Waals surface area (Å²) in [5, 5.41) is 9.00. The van der Waals surface area contributed by atoms with Gasteiger partial charge in [0, 0.05) is 7.11 Å². The normalized spacial score (nSPS) is 12.6. The number of carboxylic acid groups (broad SMARTS) is 1. The van der Waals surface area contributed by atoms with Gasteiger partial charge in [0.1, 0.15) is 10.6 Å². The summed E-state index contributed by atoms with van der Waals surface area (Å²) in [6.07, 6.45) is -1.11. The van der Waals surface area contributed by atoms with Gasteiger partial charge in [0.15, 0.2) is 6.10 Å². The van der Waals surface area contributed by atoms with Crippen LogP contribution in [0.1, 0.15) is 17.2 Å². The second-order valence-electron chi connectivity index (χ2n) is 4.87. The van der Waals surface area contributed by atoms with E-state index in [0.717, 1.165) is 5.56 Å². The van der Waals surface area contributed by atoms with Gasteiger partial charge in [-0.05, 0) is 36.8 Å². The molecular weight excluding hydrogens is 320 g/mol. The van der Waals surface area contributed by atoms with Crippen LogP contribution in [0, 0.1) is 6.92 Å². The summed E-state index contributed by atoms with van der Waals surface area (Å²) >= 11 is 0. The van der Waals surface area contributed by atoms with Crippen molar-refractivity contribution in [3.63, 3.8) is 0 Å². The van der Waals surface area contributed by atoms with E-state index in [0.29, 0.717) is 5.56 Å². The number of ether oxygens (including phenoxy) is 1. The maximum absolute atomic E-state index is 12.2. The number of methoxy groups -OCH3 is 1. The van der Waals surface area contributed by atoms with Crippen molar-refractivity contribution in [2.75, 3.05) is 7.11 Å². The minimum Gasteiger partial charge on any atom is -0.479 e. The molecule has 0 aliphatic rings. The summed E-state index contributed by atoms with van der Waals surface area (Å²) in [5.74, 6) is -1.04. The number of benzene rings is 2. The van der Waals surface area contributed by atoms with E-state index in [9.17, 15) is 13.2 Å². The molecule has 0 aliphatic heterocycles. The molecule has 7 heteroatoms. The molecule has 0 amide bonds. The van der Waals surface area contributed by atoms with Gasteiger partial charge >= 0.3 is 16.1 Å². The Morgan fingerprint density at radius 3 is 2.09 bits per heavy atom. The fourth-order valence-corrected chi connectivity index (χ4v) is 2.89. The zero-order valence-electron chi connectivity index (χ0n) is 12.6. The Morgan fingerprint density at radius 1 is 1.04 bits per heavy atom. The van der Waals surface area contributed by atoms with Gasteiger partial charge in [0.05, 0.1) is 0 Å². The number of rotatable bonds is 6. The molecule has 0 aliphatic carbocycles. The minimum absolute atomic E-state index is 0.0486. The molecule has 0 spiro atoms. The lowest BCUT2D eigenvalue weighted by atomic mass is 10.1. The largest absolute Gasteiger partial charge is 0.479 e. The maximum Gasteiger partial charge on any atom is 0.339 e. The predicted octanol–water partition coefficient (Wildman–Crippen LogP) is 2.53. The Bertz CT molecular complexity index is 778. The molecule has 122 valence electrons. The predicted molar refractivity (Wildman–Crippen MR) is 82.8 cm³/mol. The van der Waals surface area contributed by atoms with Crippen LogP contribution < -0.4 is 4.18 Å². The number of hydrogen-bond donors (Lipinski definition) is 1. The van der Waals surface area contributed by atoms with E-state index in [1.807, 2.05) is 6.92 Å². The van der Waals surface area contributed by atoms with E-state index in [1.165, 1.54) is 43.5 Å². The summed E-state index contributed by atoms with van der Waals surface area (Å²) in [6.45, 7) is 1.85. The van der Waals surface area contributed by atoms with Gasteiger partial charge in [-0.1, -0.05) is 29.8 Å². The van der Waals surface area contributed by atoms with E-state index in [2.05, 4.69) is 0 Å². The molecule has 0 heterocycles. The first kappa shape index (κ1) is 17.0. The molecule has 2 aromatic carbocycles.